The van der Waals surface area contributed by atoms with Gasteiger partial charge in [0.1, 0.15) is 0 Å². The van der Waals surface area contributed by atoms with Crippen molar-refractivity contribution in [1.82, 2.24) is 10.6 Å². The fourth-order valence-corrected chi connectivity index (χ4v) is 1.62. The topological polar surface area (TPSA) is 41.1 Å². The number of carbonyl (C=O) groups is 1. The molecule has 1 amide bonds. The van der Waals surface area contributed by atoms with Crippen LogP contribution in [0.2, 0.25) is 0 Å². The standard InChI is InChI=1S/C14H30N2O/c1-7-11(4)12(5)16-13(6)14(17)15-9-8-10(2)3/h10-13,16H,7-9H2,1-6H3,(H,15,17). The van der Waals surface area contributed by atoms with E-state index in [1.54, 1.807) is 0 Å². The first kappa shape index (κ1) is 16.4. The molecular formula is C14H30N2O. The molecule has 0 saturated heterocycles. The minimum absolute atomic E-state index is 0.105. The Morgan fingerprint density at radius 3 is 2.18 bits per heavy atom. The van der Waals surface area contributed by atoms with Gasteiger partial charge in [-0.25, -0.2) is 0 Å². The highest BCUT2D eigenvalue weighted by molar-refractivity contribution is 5.81. The van der Waals surface area contributed by atoms with Gasteiger partial charge >= 0.3 is 0 Å². The number of hydrogen-bond acceptors (Lipinski definition) is 2. The average Bonchev–Trinajstić information content (AvgIpc) is 2.26. The first-order valence-corrected chi connectivity index (χ1v) is 6.92. The molecule has 17 heavy (non-hydrogen) atoms. The highest BCUT2D eigenvalue weighted by atomic mass is 16.2. The van der Waals surface area contributed by atoms with Crippen molar-refractivity contribution < 1.29 is 4.79 Å². The van der Waals surface area contributed by atoms with E-state index in [1.165, 1.54) is 0 Å². The predicted molar refractivity (Wildman–Crippen MR) is 74.0 cm³/mol. The Bertz CT molecular complexity index is 216. The highest BCUT2D eigenvalue weighted by Gasteiger charge is 2.17. The van der Waals surface area contributed by atoms with Crippen LogP contribution in [0.4, 0.5) is 0 Å². The Labute approximate surface area is 107 Å². The van der Waals surface area contributed by atoms with Crippen molar-refractivity contribution in [3.63, 3.8) is 0 Å². The maximum Gasteiger partial charge on any atom is 0.236 e. The smallest absolute Gasteiger partial charge is 0.236 e. The van der Waals surface area contributed by atoms with E-state index in [4.69, 9.17) is 0 Å². The van der Waals surface area contributed by atoms with Gasteiger partial charge in [-0.05, 0) is 32.1 Å². The van der Waals surface area contributed by atoms with Crippen LogP contribution in [0.5, 0.6) is 0 Å². The van der Waals surface area contributed by atoms with Gasteiger partial charge in [-0.3, -0.25) is 4.79 Å². The monoisotopic (exact) mass is 242 g/mol. The molecule has 0 radical (unpaired) electrons. The van der Waals surface area contributed by atoms with Crippen molar-refractivity contribution in [2.75, 3.05) is 6.54 Å². The van der Waals surface area contributed by atoms with Crippen LogP contribution in [0, 0.1) is 11.8 Å². The normalized spacial score (nSPS) is 16.6. The van der Waals surface area contributed by atoms with Crippen LogP contribution in [0.1, 0.15) is 54.4 Å². The van der Waals surface area contributed by atoms with Gasteiger partial charge in [0.15, 0.2) is 0 Å². The molecule has 0 spiro atoms. The number of amides is 1. The van der Waals surface area contributed by atoms with Crippen LogP contribution < -0.4 is 10.6 Å². The van der Waals surface area contributed by atoms with E-state index in [-0.39, 0.29) is 11.9 Å². The zero-order chi connectivity index (χ0) is 13.4. The molecule has 0 aliphatic carbocycles. The molecule has 0 aliphatic rings. The van der Waals surface area contributed by atoms with Gasteiger partial charge < -0.3 is 10.6 Å². The van der Waals surface area contributed by atoms with Crippen molar-refractivity contribution in [2.24, 2.45) is 11.8 Å². The molecule has 0 aromatic carbocycles. The van der Waals surface area contributed by atoms with Gasteiger partial charge in [0.05, 0.1) is 6.04 Å². The predicted octanol–water partition coefficient (Wildman–Crippen LogP) is 2.56. The fraction of sp³-hybridized carbons (Fsp3) is 0.929. The Hall–Kier alpha value is -0.570. The molecule has 0 aromatic heterocycles. The average molecular weight is 242 g/mol. The summed E-state index contributed by atoms with van der Waals surface area (Å²) in [6, 6.07) is 0.275. The van der Waals surface area contributed by atoms with E-state index in [2.05, 4.69) is 45.3 Å². The second kappa shape index (κ2) is 8.51. The van der Waals surface area contributed by atoms with Gasteiger partial charge in [-0.15, -0.1) is 0 Å². The zero-order valence-corrected chi connectivity index (χ0v) is 12.3. The summed E-state index contributed by atoms with van der Waals surface area (Å²) in [6.07, 6.45) is 2.18. The minimum Gasteiger partial charge on any atom is -0.355 e. The lowest BCUT2D eigenvalue weighted by Crippen LogP contribution is -2.47. The number of nitrogens with one attached hydrogen (secondary N) is 2. The van der Waals surface area contributed by atoms with Crippen LogP contribution in [-0.4, -0.2) is 24.5 Å². The molecule has 0 aliphatic heterocycles. The molecule has 0 rings (SSSR count). The Balaban J connectivity index is 3.88. The summed E-state index contributed by atoms with van der Waals surface area (Å²) in [4.78, 5) is 11.8. The first-order valence-electron chi connectivity index (χ1n) is 6.92. The molecule has 0 aromatic rings. The number of carbonyl (C=O) groups excluding carboxylic acids is 1. The third-order valence-electron chi connectivity index (χ3n) is 3.42. The minimum atomic E-state index is -0.105. The highest BCUT2D eigenvalue weighted by Crippen LogP contribution is 2.07. The van der Waals surface area contributed by atoms with Crippen molar-refractivity contribution in [2.45, 2.75) is 66.5 Å². The van der Waals surface area contributed by atoms with E-state index in [9.17, 15) is 4.79 Å². The summed E-state index contributed by atoms with van der Waals surface area (Å²) in [5, 5.41) is 6.33. The molecule has 0 saturated carbocycles. The molecule has 2 N–H and O–H groups in total. The summed E-state index contributed by atoms with van der Waals surface area (Å²) in [6.45, 7) is 13.6. The summed E-state index contributed by atoms with van der Waals surface area (Å²) in [5.41, 5.74) is 0. The van der Waals surface area contributed by atoms with Gasteiger partial charge in [-0.2, -0.15) is 0 Å². The van der Waals surface area contributed by atoms with E-state index >= 15 is 0 Å². The van der Waals surface area contributed by atoms with Gasteiger partial charge in [0.2, 0.25) is 5.91 Å². The van der Waals surface area contributed by atoms with Gasteiger partial charge in [0.25, 0.3) is 0 Å². The molecule has 3 heteroatoms. The lowest BCUT2D eigenvalue weighted by Gasteiger charge is -2.24. The summed E-state index contributed by atoms with van der Waals surface area (Å²) < 4.78 is 0. The number of rotatable bonds is 8. The molecule has 3 unspecified atom stereocenters. The Morgan fingerprint density at radius 2 is 1.71 bits per heavy atom. The van der Waals surface area contributed by atoms with E-state index < -0.39 is 0 Å². The van der Waals surface area contributed by atoms with Crippen molar-refractivity contribution in [1.29, 1.82) is 0 Å². The van der Waals surface area contributed by atoms with Crippen LogP contribution >= 0.6 is 0 Å². The summed E-state index contributed by atoms with van der Waals surface area (Å²) in [7, 11) is 0. The lowest BCUT2D eigenvalue weighted by molar-refractivity contribution is -0.123. The quantitative estimate of drug-likeness (QED) is 0.687. The van der Waals surface area contributed by atoms with Crippen LogP contribution in [0.25, 0.3) is 0 Å². The molecule has 102 valence electrons. The van der Waals surface area contributed by atoms with Crippen molar-refractivity contribution >= 4 is 5.91 Å². The molecule has 0 heterocycles. The van der Waals surface area contributed by atoms with E-state index in [0.29, 0.717) is 17.9 Å². The van der Waals surface area contributed by atoms with Gasteiger partial charge in [0, 0.05) is 12.6 Å². The summed E-state index contributed by atoms with van der Waals surface area (Å²) in [5.74, 6) is 1.35. The Morgan fingerprint density at radius 1 is 1.12 bits per heavy atom. The first-order chi connectivity index (χ1) is 7.88. The van der Waals surface area contributed by atoms with Crippen molar-refractivity contribution in [3.8, 4) is 0 Å². The van der Waals surface area contributed by atoms with Crippen molar-refractivity contribution in [3.05, 3.63) is 0 Å². The van der Waals surface area contributed by atoms with Crippen LogP contribution in [0.15, 0.2) is 0 Å². The second-order valence-electron chi connectivity index (χ2n) is 5.54. The fourth-order valence-electron chi connectivity index (χ4n) is 1.62. The third kappa shape index (κ3) is 7.37. The van der Waals surface area contributed by atoms with E-state index in [0.717, 1.165) is 19.4 Å². The molecular weight excluding hydrogens is 212 g/mol. The number of hydrogen-bond donors (Lipinski definition) is 2. The summed E-state index contributed by atoms with van der Waals surface area (Å²) >= 11 is 0. The molecule has 3 atom stereocenters. The third-order valence-corrected chi connectivity index (χ3v) is 3.42. The van der Waals surface area contributed by atoms with Crippen LogP contribution in [-0.2, 0) is 4.79 Å². The largest absolute Gasteiger partial charge is 0.355 e. The van der Waals surface area contributed by atoms with Gasteiger partial charge in [-0.1, -0.05) is 34.1 Å². The maximum atomic E-state index is 11.8. The SMILES string of the molecule is CCC(C)C(C)NC(C)C(=O)NCCC(C)C. The van der Waals surface area contributed by atoms with Crippen LogP contribution in [0.3, 0.4) is 0 Å². The lowest BCUT2D eigenvalue weighted by atomic mass is 10.00. The molecule has 0 bridgehead atoms. The maximum absolute atomic E-state index is 11.8. The molecule has 3 nitrogen and oxygen atoms in total. The second-order valence-corrected chi connectivity index (χ2v) is 5.54. The Kier molecular flexibility index (Phi) is 8.23. The molecule has 0 fully saturated rings. The van der Waals surface area contributed by atoms with E-state index in [1.807, 2.05) is 6.92 Å². The zero-order valence-electron chi connectivity index (χ0n) is 12.3.